The van der Waals surface area contributed by atoms with Crippen molar-refractivity contribution in [3.63, 3.8) is 0 Å². The molecule has 3 aromatic rings. The van der Waals surface area contributed by atoms with Gasteiger partial charge in [-0.3, -0.25) is 14.2 Å². The van der Waals surface area contributed by atoms with Crippen LogP contribution in [0.4, 0.5) is 18.9 Å². The number of thioether (sulfide) groups is 2. The molecule has 0 spiro atoms. The number of nitrogens with one attached hydrogen (secondary N) is 1. The van der Waals surface area contributed by atoms with Crippen molar-refractivity contribution in [2.75, 3.05) is 11.1 Å². The maximum Gasteiger partial charge on any atom is 0.416 e. The van der Waals surface area contributed by atoms with Gasteiger partial charge >= 0.3 is 6.18 Å². The van der Waals surface area contributed by atoms with Gasteiger partial charge in [0.15, 0.2) is 5.16 Å². The van der Waals surface area contributed by atoms with E-state index in [9.17, 15) is 22.8 Å². The maximum atomic E-state index is 13.2. The first-order valence-electron chi connectivity index (χ1n) is 9.81. The van der Waals surface area contributed by atoms with E-state index in [4.69, 9.17) is 11.6 Å². The summed E-state index contributed by atoms with van der Waals surface area (Å²) in [4.78, 5) is 31.0. The van der Waals surface area contributed by atoms with Gasteiger partial charge in [0, 0.05) is 11.7 Å². The number of hydrogen-bond donors (Lipinski definition) is 1. The van der Waals surface area contributed by atoms with Crippen LogP contribution in [0.3, 0.4) is 0 Å². The van der Waals surface area contributed by atoms with Crippen molar-refractivity contribution in [1.82, 2.24) is 9.55 Å². The van der Waals surface area contributed by atoms with Gasteiger partial charge < -0.3 is 5.32 Å². The highest BCUT2D eigenvalue weighted by Gasteiger charge is 2.31. The molecule has 1 atom stereocenters. The van der Waals surface area contributed by atoms with Crippen molar-refractivity contribution in [2.24, 2.45) is 0 Å². The molecular weight excluding hydrogens is 495 g/mol. The summed E-state index contributed by atoms with van der Waals surface area (Å²) in [5, 5.41) is 2.96. The molecule has 0 fully saturated rings. The number of para-hydroxylation sites is 1. The van der Waals surface area contributed by atoms with Crippen molar-refractivity contribution in [3.05, 3.63) is 75.2 Å². The lowest BCUT2D eigenvalue weighted by Gasteiger charge is -2.14. The Morgan fingerprint density at radius 3 is 2.70 bits per heavy atom. The van der Waals surface area contributed by atoms with Crippen LogP contribution in [0, 0.1) is 0 Å². The second-order valence-corrected chi connectivity index (χ2v) is 10.1. The van der Waals surface area contributed by atoms with E-state index in [1.807, 2.05) is 13.0 Å². The summed E-state index contributed by atoms with van der Waals surface area (Å²) in [6.45, 7) is 2.01. The van der Waals surface area contributed by atoms with Gasteiger partial charge in [-0.05, 0) is 30.3 Å². The average molecular weight is 512 g/mol. The number of halogens is 4. The number of carbonyl (C=O) groups is 1. The first-order valence-corrected chi connectivity index (χ1v) is 12.0. The lowest BCUT2D eigenvalue weighted by molar-refractivity contribution is -0.137. The summed E-state index contributed by atoms with van der Waals surface area (Å²) < 4.78 is 40.4. The largest absolute Gasteiger partial charge is 0.416 e. The summed E-state index contributed by atoms with van der Waals surface area (Å²) in [5.41, 5.74) is 0.0454. The van der Waals surface area contributed by atoms with Gasteiger partial charge in [-0.15, -0.1) is 11.8 Å². The van der Waals surface area contributed by atoms with E-state index in [0.29, 0.717) is 27.9 Å². The standard InChI is InChI=1S/C22H17ClF3N3O2S2/c1-12-9-17-19(33-12)20(31)29(14-5-3-2-4-6-14)21(28-17)32-11-18(30)27-16-10-13(22(24,25)26)7-8-15(16)23/h2-8,10,12H,9,11H2,1H3,(H,27,30). The molecule has 33 heavy (non-hydrogen) atoms. The number of benzene rings is 2. The predicted molar refractivity (Wildman–Crippen MR) is 125 cm³/mol. The van der Waals surface area contributed by atoms with Gasteiger partial charge in [-0.2, -0.15) is 13.2 Å². The molecule has 0 radical (unpaired) electrons. The van der Waals surface area contributed by atoms with Crippen molar-refractivity contribution < 1.29 is 18.0 Å². The number of carbonyl (C=O) groups excluding carboxylic acids is 1. The molecule has 0 saturated heterocycles. The third-order valence-corrected chi connectivity index (χ3v) is 7.28. The number of aromatic nitrogens is 2. The number of hydrogen-bond acceptors (Lipinski definition) is 5. The van der Waals surface area contributed by atoms with Crippen LogP contribution >= 0.6 is 35.1 Å². The highest BCUT2D eigenvalue weighted by atomic mass is 35.5. The fourth-order valence-corrected chi connectivity index (χ4v) is 5.41. The second kappa shape index (κ2) is 9.44. The highest BCUT2D eigenvalue weighted by molar-refractivity contribution is 8.00. The molecule has 2 aromatic carbocycles. The van der Waals surface area contributed by atoms with Crippen LogP contribution in [0.15, 0.2) is 63.4 Å². The van der Waals surface area contributed by atoms with E-state index in [1.165, 1.54) is 16.3 Å². The van der Waals surface area contributed by atoms with Crippen molar-refractivity contribution in [3.8, 4) is 5.69 Å². The third-order valence-electron chi connectivity index (χ3n) is 4.80. The molecular formula is C22H17ClF3N3O2S2. The van der Waals surface area contributed by atoms with Crippen molar-refractivity contribution in [2.45, 2.75) is 34.8 Å². The molecule has 0 saturated carbocycles. The summed E-state index contributed by atoms with van der Waals surface area (Å²) in [6.07, 6.45) is -3.92. The molecule has 11 heteroatoms. The lowest BCUT2D eigenvalue weighted by Crippen LogP contribution is -2.24. The van der Waals surface area contributed by atoms with Crippen LogP contribution in [-0.2, 0) is 17.4 Å². The van der Waals surface area contributed by atoms with Crippen LogP contribution < -0.4 is 10.9 Å². The summed E-state index contributed by atoms with van der Waals surface area (Å²) >= 11 is 8.47. The Balaban J connectivity index is 1.59. The first-order chi connectivity index (χ1) is 15.6. The Morgan fingerprint density at radius 1 is 1.27 bits per heavy atom. The molecule has 0 bridgehead atoms. The number of rotatable bonds is 5. The zero-order valence-electron chi connectivity index (χ0n) is 17.1. The van der Waals surface area contributed by atoms with Gasteiger partial charge in [-0.25, -0.2) is 4.98 Å². The minimum atomic E-state index is -4.56. The Bertz CT molecular complexity index is 1270. The molecule has 4 rings (SSSR count). The van der Waals surface area contributed by atoms with Crippen LogP contribution in [-0.4, -0.2) is 26.5 Å². The van der Waals surface area contributed by atoms with E-state index >= 15 is 0 Å². The Hall–Kier alpha value is -2.43. The molecule has 2 heterocycles. The van der Waals surface area contributed by atoms with Crippen LogP contribution in [0.1, 0.15) is 18.2 Å². The third kappa shape index (κ3) is 5.23. The normalized spacial score (nSPS) is 15.4. The number of nitrogens with zero attached hydrogens (tertiary/aromatic N) is 2. The molecule has 1 aliphatic heterocycles. The number of anilines is 1. The Morgan fingerprint density at radius 2 is 2.00 bits per heavy atom. The van der Waals surface area contributed by atoms with Gasteiger partial charge in [0.1, 0.15) is 0 Å². The van der Waals surface area contributed by atoms with Gasteiger partial charge in [0.05, 0.1) is 38.3 Å². The molecule has 0 aliphatic carbocycles. The molecule has 1 N–H and O–H groups in total. The van der Waals surface area contributed by atoms with Crippen LogP contribution in [0.25, 0.3) is 5.69 Å². The predicted octanol–water partition coefficient (Wildman–Crippen LogP) is 5.67. The summed E-state index contributed by atoms with van der Waals surface area (Å²) in [7, 11) is 0. The molecule has 172 valence electrons. The number of amides is 1. The van der Waals surface area contributed by atoms with E-state index in [-0.39, 0.29) is 27.3 Å². The number of fused-ring (bicyclic) bond motifs is 1. The van der Waals surface area contributed by atoms with E-state index in [1.54, 1.807) is 24.3 Å². The molecule has 1 aromatic heterocycles. The quantitative estimate of drug-likeness (QED) is 0.353. The van der Waals surface area contributed by atoms with Gasteiger partial charge in [0.25, 0.3) is 5.56 Å². The molecule has 1 amide bonds. The van der Waals surface area contributed by atoms with E-state index < -0.39 is 17.6 Å². The summed E-state index contributed by atoms with van der Waals surface area (Å²) in [6, 6.07) is 11.7. The second-order valence-electron chi connectivity index (χ2n) is 7.31. The fraction of sp³-hybridized carbons (Fsp3) is 0.227. The SMILES string of the molecule is CC1Cc2nc(SCC(=O)Nc3cc(C(F)(F)F)ccc3Cl)n(-c3ccccc3)c(=O)c2S1. The average Bonchev–Trinajstić information content (AvgIpc) is 3.14. The zero-order valence-corrected chi connectivity index (χ0v) is 19.5. The summed E-state index contributed by atoms with van der Waals surface area (Å²) in [5.74, 6) is -0.744. The monoisotopic (exact) mass is 511 g/mol. The van der Waals surface area contributed by atoms with Crippen molar-refractivity contribution in [1.29, 1.82) is 0 Å². The molecule has 5 nitrogen and oxygen atoms in total. The van der Waals surface area contributed by atoms with E-state index in [2.05, 4.69) is 10.3 Å². The minimum Gasteiger partial charge on any atom is -0.324 e. The zero-order chi connectivity index (χ0) is 23.8. The fourth-order valence-electron chi connectivity index (χ4n) is 3.32. The van der Waals surface area contributed by atoms with Gasteiger partial charge in [-0.1, -0.05) is 48.5 Å². The minimum absolute atomic E-state index is 0.00999. The van der Waals surface area contributed by atoms with Crippen molar-refractivity contribution >= 4 is 46.7 Å². The lowest BCUT2D eigenvalue weighted by atomic mass is 10.2. The van der Waals surface area contributed by atoms with Crippen LogP contribution in [0.2, 0.25) is 5.02 Å². The Kier molecular flexibility index (Phi) is 6.78. The van der Waals surface area contributed by atoms with E-state index in [0.717, 1.165) is 30.0 Å². The van der Waals surface area contributed by atoms with Gasteiger partial charge in [0.2, 0.25) is 5.91 Å². The maximum absolute atomic E-state index is 13.2. The van der Waals surface area contributed by atoms with Crippen LogP contribution in [0.5, 0.6) is 0 Å². The molecule has 1 aliphatic rings. The first kappa shape index (κ1) is 23.7. The topological polar surface area (TPSA) is 64.0 Å². The Labute approximate surface area is 200 Å². The number of alkyl halides is 3. The highest BCUT2D eigenvalue weighted by Crippen LogP contribution is 2.36. The smallest absolute Gasteiger partial charge is 0.324 e. The molecule has 1 unspecified atom stereocenters.